The standard InChI is InChI=1S/C22H17ClN4O3/c23-18-9-3-1-6-15(18)14-30-21-10-4-2-8-17(21)19-12-20(26-25-19)22(28)27-24-13-16-7-5-11-29-16/h1-13H,14H2,(H,25,26)(H,27,28)/b24-13+. The number of ether oxygens (including phenoxy) is 1. The van der Waals surface area contributed by atoms with Crippen LogP contribution in [0.15, 0.2) is 82.5 Å². The number of hydrogen-bond donors (Lipinski definition) is 2. The van der Waals surface area contributed by atoms with E-state index < -0.39 is 5.91 Å². The van der Waals surface area contributed by atoms with Crippen LogP contribution in [-0.2, 0) is 6.61 Å². The lowest BCUT2D eigenvalue weighted by molar-refractivity contribution is 0.0950. The first-order valence-corrected chi connectivity index (χ1v) is 9.46. The van der Waals surface area contributed by atoms with Gasteiger partial charge in [-0.2, -0.15) is 10.2 Å². The number of rotatable bonds is 7. The third kappa shape index (κ3) is 4.59. The third-order valence-corrected chi connectivity index (χ3v) is 4.60. The van der Waals surface area contributed by atoms with Crippen molar-refractivity contribution < 1.29 is 13.9 Å². The van der Waals surface area contributed by atoms with Crippen LogP contribution in [0.4, 0.5) is 0 Å². The van der Waals surface area contributed by atoms with Gasteiger partial charge in [0, 0.05) is 16.1 Å². The zero-order chi connectivity index (χ0) is 20.8. The predicted molar refractivity (Wildman–Crippen MR) is 114 cm³/mol. The van der Waals surface area contributed by atoms with Gasteiger partial charge < -0.3 is 9.15 Å². The molecule has 8 heteroatoms. The fourth-order valence-corrected chi connectivity index (χ4v) is 2.92. The number of para-hydroxylation sites is 1. The van der Waals surface area contributed by atoms with E-state index >= 15 is 0 Å². The molecule has 0 unspecified atom stereocenters. The minimum Gasteiger partial charge on any atom is -0.488 e. The molecule has 1 amide bonds. The number of carbonyl (C=O) groups excluding carboxylic acids is 1. The highest BCUT2D eigenvalue weighted by Gasteiger charge is 2.14. The molecule has 2 N–H and O–H groups in total. The van der Waals surface area contributed by atoms with E-state index in [1.807, 2.05) is 48.5 Å². The van der Waals surface area contributed by atoms with Crippen LogP contribution < -0.4 is 10.2 Å². The Bertz CT molecular complexity index is 1170. The molecule has 0 spiro atoms. The molecule has 4 rings (SSSR count). The van der Waals surface area contributed by atoms with E-state index in [2.05, 4.69) is 20.7 Å². The summed E-state index contributed by atoms with van der Waals surface area (Å²) in [5, 5.41) is 11.5. The smallest absolute Gasteiger partial charge is 0.289 e. The van der Waals surface area contributed by atoms with Gasteiger partial charge in [0.2, 0.25) is 0 Å². The van der Waals surface area contributed by atoms with E-state index in [0.29, 0.717) is 28.8 Å². The summed E-state index contributed by atoms with van der Waals surface area (Å²) in [5.41, 5.74) is 4.89. The van der Waals surface area contributed by atoms with Crippen LogP contribution in [0.1, 0.15) is 21.8 Å². The second kappa shape index (κ2) is 9.11. The van der Waals surface area contributed by atoms with Gasteiger partial charge in [0.25, 0.3) is 5.91 Å². The number of amides is 1. The molecule has 2 aromatic heterocycles. The van der Waals surface area contributed by atoms with Crippen molar-refractivity contribution in [3.05, 3.63) is 95.0 Å². The summed E-state index contributed by atoms with van der Waals surface area (Å²) < 4.78 is 11.1. The molecule has 30 heavy (non-hydrogen) atoms. The molecular weight excluding hydrogens is 404 g/mol. The van der Waals surface area contributed by atoms with Gasteiger partial charge in [0.15, 0.2) is 0 Å². The normalized spacial score (nSPS) is 11.0. The fraction of sp³-hybridized carbons (Fsp3) is 0.0455. The number of nitrogens with zero attached hydrogens (tertiary/aromatic N) is 2. The first-order chi connectivity index (χ1) is 14.7. The highest BCUT2D eigenvalue weighted by atomic mass is 35.5. The number of aromatic amines is 1. The topological polar surface area (TPSA) is 92.5 Å². The Morgan fingerprint density at radius 2 is 2.00 bits per heavy atom. The van der Waals surface area contributed by atoms with Gasteiger partial charge in [-0.25, -0.2) is 5.43 Å². The van der Waals surface area contributed by atoms with E-state index in [1.165, 1.54) is 12.5 Å². The second-order valence-corrected chi connectivity index (χ2v) is 6.66. The summed E-state index contributed by atoms with van der Waals surface area (Å²) in [6, 6.07) is 20.1. The van der Waals surface area contributed by atoms with Gasteiger partial charge in [0.05, 0.1) is 18.2 Å². The average molecular weight is 421 g/mol. The molecule has 0 saturated heterocycles. The fourth-order valence-electron chi connectivity index (χ4n) is 2.73. The molecule has 2 aromatic carbocycles. The van der Waals surface area contributed by atoms with Gasteiger partial charge >= 0.3 is 0 Å². The maximum Gasteiger partial charge on any atom is 0.289 e. The van der Waals surface area contributed by atoms with Crippen molar-refractivity contribution in [3.63, 3.8) is 0 Å². The summed E-state index contributed by atoms with van der Waals surface area (Å²) in [6.45, 7) is 0.315. The molecule has 0 saturated carbocycles. The first-order valence-electron chi connectivity index (χ1n) is 9.08. The molecule has 0 aliphatic heterocycles. The Hall–Kier alpha value is -3.84. The number of H-pyrrole nitrogens is 1. The van der Waals surface area contributed by atoms with Crippen LogP contribution in [0.3, 0.4) is 0 Å². The molecule has 0 radical (unpaired) electrons. The lowest BCUT2D eigenvalue weighted by Crippen LogP contribution is -2.17. The minimum absolute atomic E-state index is 0.266. The van der Waals surface area contributed by atoms with Gasteiger partial charge in [-0.1, -0.05) is 41.9 Å². The van der Waals surface area contributed by atoms with Crippen LogP contribution >= 0.6 is 11.6 Å². The van der Waals surface area contributed by atoms with Crippen LogP contribution in [0.2, 0.25) is 5.02 Å². The summed E-state index contributed by atoms with van der Waals surface area (Å²) in [4.78, 5) is 12.3. The number of benzene rings is 2. The summed E-state index contributed by atoms with van der Waals surface area (Å²) in [7, 11) is 0. The predicted octanol–water partition coefficient (Wildman–Crippen LogP) is 4.67. The number of hydrogen-bond acceptors (Lipinski definition) is 5. The molecule has 0 aliphatic rings. The van der Waals surface area contributed by atoms with Crippen molar-refractivity contribution in [1.29, 1.82) is 0 Å². The molecule has 4 aromatic rings. The van der Waals surface area contributed by atoms with E-state index in [-0.39, 0.29) is 5.69 Å². The van der Waals surface area contributed by atoms with Crippen LogP contribution in [0.25, 0.3) is 11.3 Å². The van der Waals surface area contributed by atoms with Gasteiger partial charge in [-0.05, 0) is 36.4 Å². The summed E-state index contributed by atoms with van der Waals surface area (Å²) in [6.07, 6.45) is 2.93. The first kappa shape index (κ1) is 19.5. The Morgan fingerprint density at radius 1 is 1.17 bits per heavy atom. The minimum atomic E-state index is -0.425. The molecule has 150 valence electrons. The molecule has 0 bridgehead atoms. The lowest BCUT2D eigenvalue weighted by atomic mass is 10.1. The number of carbonyl (C=O) groups is 1. The maximum absolute atomic E-state index is 12.3. The van der Waals surface area contributed by atoms with Crippen LogP contribution in [0.5, 0.6) is 5.75 Å². The van der Waals surface area contributed by atoms with Crippen molar-refractivity contribution in [2.75, 3.05) is 0 Å². The van der Waals surface area contributed by atoms with Crippen molar-refractivity contribution in [1.82, 2.24) is 15.6 Å². The Kier molecular flexibility index (Phi) is 5.91. The third-order valence-electron chi connectivity index (χ3n) is 4.23. The van der Waals surface area contributed by atoms with Crippen molar-refractivity contribution in [2.45, 2.75) is 6.61 Å². The molecule has 7 nitrogen and oxygen atoms in total. The van der Waals surface area contributed by atoms with Crippen molar-refractivity contribution >= 4 is 23.7 Å². The Morgan fingerprint density at radius 3 is 2.83 bits per heavy atom. The maximum atomic E-state index is 12.3. The largest absolute Gasteiger partial charge is 0.488 e. The molecule has 0 fully saturated rings. The van der Waals surface area contributed by atoms with Gasteiger partial charge in [-0.15, -0.1) is 0 Å². The summed E-state index contributed by atoms with van der Waals surface area (Å²) in [5.74, 6) is 0.739. The van der Waals surface area contributed by atoms with Crippen LogP contribution in [0, 0.1) is 0 Å². The second-order valence-electron chi connectivity index (χ2n) is 6.26. The lowest BCUT2D eigenvalue weighted by Gasteiger charge is -2.11. The number of furan rings is 1. The number of halogens is 1. The molecule has 0 aliphatic carbocycles. The number of hydrazone groups is 1. The van der Waals surface area contributed by atoms with Gasteiger partial charge in [0.1, 0.15) is 23.8 Å². The van der Waals surface area contributed by atoms with Crippen molar-refractivity contribution in [2.24, 2.45) is 5.10 Å². The highest BCUT2D eigenvalue weighted by molar-refractivity contribution is 6.31. The Labute approximate surface area is 177 Å². The van der Waals surface area contributed by atoms with E-state index in [1.54, 1.807) is 18.2 Å². The summed E-state index contributed by atoms with van der Waals surface area (Å²) >= 11 is 6.20. The van der Waals surface area contributed by atoms with Crippen LogP contribution in [-0.4, -0.2) is 22.3 Å². The van der Waals surface area contributed by atoms with E-state index in [0.717, 1.165) is 11.1 Å². The molecule has 0 atom stereocenters. The SMILES string of the molecule is O=C(N/N=C/c1ccco1)c1cc(-c2ccccc2OCc2ccccc2Cl)n[nH]1. The monoisotopic (exact) mass is 420 g/mol. The molecular formula is C22H17ClN4O3. The number of nitrogens with one attached hydrogen (secondary N) is 2. The highest BCUT2D eigenvalue weighted by Crippen LogP contribution is 2.30. The zero-order valence-electron chi connectivity index (χ0n) is 15.7. The van der Waals surface area contributed by atoms with E-state index in [4.69, 9.17) is 20.8 Å². The number of aromatic nitrogens is 2. The quantitative estimate of drug-likeness (QED) is 0.336. The average Bonchev–Trinajstić information content (AvgIpc) is 3.46. The zero-order valence-corrected chi connectivity index (χ0v) is 16.5. The van der Waals surface area contributed by atoms with E-state index in [9.17, 15) is 4.79 Å². The molecule has 2 heterocycles. The van der Waals surface area contributed by atoms with Gasteiger partial charge in [-0.3, -0.25) is 9.89 Å². The van der Waals surface area contributed by atoms with Crippen molar-refractivity contribution in [3.8, 4) is 17.0 Å². The Balaban J connectivity index is 1.46.